The Bertz CT molecular complexity index is 271. The van der Waals surface area contributed by atoms with E-state index in [4.69, 9.17) is 0 Å². The Balaban J connectivity index is 2.05. The van der Waals surface area contributed by atoms with Crippen molar-refractivity contribution in [2.45, 2.75) is 31.9 Å². The number of nitrogens with one attached hydrogen (secondary N) is 1. The van der Waals surface area contributed by atoms with Gasteiger partial charge < -0.3 is 10.4 Å². The second-order valence-corrected chi connectivity index (χ2v) is 3.79. The summed E-state index contributed by atoms with van der Waals surface area (Å²) in [6, 6.07) is 8.75. The van der Waals surface area contributed by atoms with Crippen LogP contribution in [0.5, 0.6) is 0 Å². The van der Waals surface area contributed by atoms with Gasteiger partial charge >= 0.3 is 0 Å². The Labute approximate surface area is 78.6 Å². The molecule has 0 aliphatic carbocycles. The normalized spacial score (nSPS) is 22.2. The molecule has 2 N–H and O–H groups in total. The highest BCUT2D eigenvalue weighted by molar-refractivity contribution is 5.56. The van der Waals surface area contributed by atoms with Crippen molar-refractivity contribution >= 4 is 5.69 Å². The Morgan fingerprint density at radius 2 is 2.31 bits per heavy atom. The van der Waals surface area contributed by atoms with E-state index in [1.165, 1.54) is 11.3 Å². The summed E-state index contributed by atoms with van der Waals surface area (Å²) in [7, 11) is 0. The van der Waals surface area contributed by atoms with Crippen LogP contribution in [0.15, 0.2) is 24.3 Å². The smallest absolute Gasteiger partial charge is 0.0531 e. The van der Waals surface area contributed by atoms with Crippen LogP contribution in [0.2, 0.25) is 0 Å². The van der Waals surface area contributed by atoms with E-state index < -0.39 is 0 Å². The molecule has 2 rings (SSSR count). The predicted octanol–water partition coefficient (Wildman–Crippen LogP) is 1.79. The third-order valence-corrected chi connectivity index (χ3v) is 2.47. The van der Waals surface area contributed by atoms with Crippen molar-refractivity contribution < 1.29 is 5.11 Å². The Morgan fingerprint density at radius 1 is 1.54 bits per heavy atom. The number of para-hydroxylation sites is 1. The molecule has 1 heterocycles. The molecule has 2 atom stereocenters. The highest BCUT2D eigenvalue weighted by Crippen LogP contribution is 2.26. The van der Waals surface area contributed by atoms with Gasteiger partial charge in [-0.3, -0.25) is 0 Å². The fraction of sp³-hybridized carbons (Fsp3) is 0.455. The van der Waals surface area contributed by atoms with E-state index in [1.54, 1.807) is 0 Å². The van der Waals surface area contributed by atoms with Crippen LogP contribution in [0.3, 0.4) is 0 Å². The zero-order valence-corrected chi connectivity index (χ0v) is 7.83. The molecule has 2 heteroatoms. The van der Waals surface area contributed by atoms with Crippen molar-refractivity contribution in [2.24, 2.45) is 0 Å². The number of aliphatic hydroxyl groups is 1. The SMILES string of the molecule is CC(O)CC1Cc2ccccc2N1. The van der Waals surface area contributed by atoms with E-state index in [0.29, 0.717) is 6.04 Å². The van der Waals surface area contributed by atoms with Crippen LogP contribution in [0.4, 0.5) is 5.69 Å². The molecule has 70 valence electrons. The van der Waals surface area contributed by atoms with Crippen LogP contribution in [-0.2, 0) is 6.42 Å². The maximum Gasteiger partial charge on any atom is 0.0531 e. The standard InChI is InChI=1S/C11H15NO/c1-8(13)6-10-7-9-4-2-3-5-11(9)12-10/h2-5,8,10,12-13H,6-7H2,1H3. The molecule has 0 amide bonds. The van der Waals surface area contributed by atoms with E-state index in [-0.39, 0.29) is 6.10 Å². The van der Waals surface area contributed by atoms with Crippen molar-refractivity contribution in [3.05, 3.63) is 29.8 Å². The second-order valence-electron chi connectivity index (χ2n) is 3.79. The average molecular weight is 177 g/mol. The number of hydrogen-bond acceptors (Lipinski definition) is 2. The van der Waals surface area contributed by atoms with Gasteiger partial charge in [-0.1, -0.05) is 18.2 Å². The number of hydrogen-bond donors (Lipinski definition) is 2. The van der Waals surface area contributed by atoms with Gasteiger partial charge in [0.05, 0.1) is 6.10 Å². The van der Waals surface area contributed by atoms with Crippen molar-refractivity contribution in [1.29, 1.82) is 0 Å². The summed E-state index contributed by atoms with van der Waals surface area (Å²) in [6.45, 7) is 1.84. The van der Waals surface area contributed by atoms with E-state index in [1.807, 2.05) is 13.0 Å². The van der Waals surface area contributed by atoms with Crippen LogP contribution in [-0.4, -0.2) is 17.3 Å². The molecule has 0 radical (unpaired) electrons. The first-order valence-corrected chi connectivity index (χ1v) is 4.78. The van der Waals surface area contributed by atoms with Gasteiger partial charge in [-0.15, -0.1) is 0 Å². The van der Waals surface area contributed by atoms with Crippen LogP contribution in [0.25, 0.3) is 0 Å². The number of rotatable bonds is 2. The fourth-order valence-electron chi connectivity index (χ4n) is 1.93. The summed E-state index contributed by atoms with van der Waals surface area (Å²) in [5, 5.41) is 12.7. The lowest BCUT2D eigenvalue weighted by atomic mass is 10.1. The fourth-order valence-corrected chi connectivity index (χ4v) is 1.93. The summed E-state index contributed by atoms with van der Waals surface area (Å²) in [5.41, 5.74) is 2.60. The first-order chi connectivity index (χ1) is 6.25. The number of aliphatic hydroxyl groups excluding tert-OH is 1. The molecule has 0 aromatic heterocycles. The van der Waals surface area contributed by atoms with Gasteiger partial charge in [0.15, 0.2) is 0 Å². The third kappa shape index (κ3) is 1.83. The maximum atomic E-state index is 9.25. The lowest BCUT2D eigenvalue weighted by Crippen LogP contribution is -2.20. The van der Waals surface area contributed by atoms with Gasteiger partial charge in [-0.05, 0) is 31.4 Å². The summed E-state index contributed by atoms with van der Waals surface area (Å²) in [6.07, 6.45) is 1.65. The monoisotopic (exact) mass is 177 g/mol. The highest BCUT2D eigenvalue weighted by Gasteiger charge is 2.20. The summed E-state index contributed by atoms with van der Waals surface area (Å²) in [5.74, 6) is 0. The quantitative estimate of drug-likeness (QED) is 0.722. The molecule has 1 aromatic rings. The minimum atomic E-state index is -0.216. The van der Waals surface area contributed by atoms with Gasteiger partial charge in [0.1, 0.15) is 0 Å². The minimum Gasteiger partial charge on any atom is -0.393 e. The molecule has 0 saturated heterocycles. The summed E-state index contributed by atoms with van der Waals surface area (Å²) in [4.78, 5) is 0. The molecule has 0 saturated carbocycles. The number of fused-ring (bicyclic) bond motifs is 1. The van der Waals surface area contributed by atoms with E-state index in [9.17, 15) is 5.11 Å². The lowest BCUT2D eigenvalue weighted by Gasteiger charge is -2.12. The van der Waals surface area contributed by atoms with Crippen molar-refractivity contribution in [1.82, 2.24) is 0 Å². The third-order valence-electron chi connectivity index (χ3n) is 2.47. The van der Waals surface area contributed by atoms with Crippen molar-refractivity contribution in [3.63, 3.8) is 0 Å². The van der Waals surface area contributed by atoms with Gasteiger partial charge in [0, 0.05) is 11.7 Å². The molecule has 1 aromatic carbocycles. The first kappa shape index (κ1) is 8.57. The molecule has 0 spiro atoms. The van der Waals surface area contributed by atoms with Gasteiger partial charge in [-0.2, -0.15) is 0 Å². The molecule has 0 fully saturated rings. The Hall–Kier alpha value is -1.02. The zero-order chi connectivity index (χ0) is 9.26. The molecule has 1 aliphatic heterocycles. The van der Waals surface area contributed by atoms with Crippen LogP contribution in [0.1, 0.15) is 18.9 Å². The number of benzene rings is 1. The predicted molar refractivity (Wildman–Crippen MR) is 53.9 cm³/mol. The summed E-state index contributed by atoms with van der Waals surface area (Å²) >= 11 is 0. The van der Waals surface area contributed by atoms with Gasteiger partial charge in [0.2, 0.25) is 0 Å². The van der Waals surface area contributed by atoms with E-state index >= 15 is 0 Å². The molecular weight excluding hydrogens is 162 g/mol. The van der Waals surface area contributed by atoms with Crippen molar-refractivity contribution in [3.8, 4) is 0 Å². The molecule has 13 heavy (non-hydrogen) atoms. The molecule has 2 unspecified atom stereocenters. The molecule has 2 nitrogen and oxygen atoms in total. The Morgan fingerprint density at radius 3 is 3.00 bits per heavy atom. The van der Waals surface area contributed by atoms with E-state index in [2.05, 4.69) is 23.5 Å². The number of anilines is 1. The minimum absolute atomic E-state index is 0.216. The van der Waals surface area contributed by atoms with Crippen LogP contribution in [0, 0.1) is 0 Å². The van der Waals surface area contributed by atoms with Crippen LogP contribution < -0.4 is 5.32 Å². The molecular formula is C11H15NO. The average Bonchev–Trinajstić information content (AvgIpc) is 2.44. The van der Waals surface area contributed by atoms with Crippen molar-refractivity contribution in [2.75, 3.05) is 5.32 Å². The van der Waals surface area contributed by atoms with Gasteiger partial charge in [-0.25, -0.2) is 0 Å². The second kappa shape index (κ2) is 3.38. The largest absolute Gasteiger partial charge is 0.393 e. The summed E-state index contributed by atoms with van der Waals surface area (Å²) < 4.78 is 0. The maximum absolute atomic E-state index is 9.25. The zero-order valence-electron chi connectivity index (χ0n) is 7.83. The van der Waals surface area contributed by atoms with Gasteiger partial charge in [0.25, 0.3) is 0 Å². The Kier molecular flexibility index (Phi) is 2.23. The topological polar surface area (TPSA) is 32.3 Å². The molecule has 1 aliphatic rings. The molecule has 0 bridgehead atoms. The first-order valence-electron chi connectivity index (χ1n) is 4.78. The van der Waals surface area contributed by atoms with Crippen LogP contribution >= 0.6 is 0 Å². The lowest BCUT2D eigenvalue weighted by molar-refractivity contribution is 0.178. The van der Waals surface area contributed by atoms with E-state index in [0.717, 1.165) is 12.8 Å². The highest BCUT2D eigenvalue weighted by atomic mass is 16.3.